The standard InChI is InChI=1S/C30H31FN6O/c1-38-25-13-9-23(10-14-25)19-36-18-16-26-27-28(36)33-30(32-17-15-21-7-11-24(31)12-8-21)34-29(27)37(35-26)20-22-5-3-2-4-6-22/h2-14,26,35H,15-20H2,1H3,(H,32,33,34). The average molecular weight is 511 g/mol. The summed E-state index contributed by atoms with van der Waals surface area (Å²) in [4.78, 5) is 12.3. The van der Waals surface area contributed by atoms with Crippen molar-refractivity contribution in [2.75, 3.05) is 35.4 Å². The summed E-state index contributed by atoms with van der Waals surface area (Å²) in [6.07, 6.45) is 1.72. The van der Waals surface area contributed by atoms with E-state index in [1.165, 1.54) is 23.3 Å². The molecule has 1 unspecified atom stereocenters. The summed E-state index contributed by atoms with van der Waals surface area (Å²) in [6.45, 7) is 3.02. The van der Waals surface area contributed by atoms with Crippen molar-refractivity contribution >= 4 is 17.6 Å². The lowest BCUT2D eigenvalue weighted by Crippen LogP contribution is -2.37. The number of methoxy groups -OCH3 is 1. The molecule has 0 saturated carbocycles. The zero-order valence-electron chi connectivity index (χ0n) is 21.4. The highest BCUT2D eigenvalue weighted by Crippen LogP contribution is 2.44. The fraction of sp³-hybridized carbons (Fsp3) is 0.267. The summed E-state index contributed by atoms with van der Waals surface area (Å²) in [7, 11) is 1.68. The summed E-state index contributed by atoms with van der Waals surface area (Å²) < 4.78 is 18.6. The van der Waals surface area contributed by atoms with E-state index in [4.69, 9.17) is 14.7 Å². The molecular weight excluding hydrogens is 479 g/mol. The smallest absolute Gasteiger partial charge is 0.226 e. The number of nitrogens with one attached hydrogen (secondary N) is 2. The third-order valence-electron chi connectivity index (χ3n) is 7.13. The van der Waals surface area contributed by atoms with E-state index in [-0.39, 0.29) is 11.9 Å². The Balaban J connectivity index is 1.28. The molecule has 2 N–H and O–H groups in total. The molecule has 6 rings (SSSR count). The molecule has 0 bridgehead atoms. The highest BCUT2D eigenvalue weighted by atomic mass is 19.1. The van der Waals surface area contributed by atoms with E-state index in [2.05, 4.69) is 57.0 Å². The van der Waals surface area contributed by atoms with E-state index in [0.717, 1.165) is 54.4 Å². The highest BCUT2D eigenvalue weighted by Gasteiger charge is 2.38. The molecular formula is C30H31FN6O. The molecule has 0 radical (unpaired) electrons. The monoisotopic (exact) mass is 510 g/mol. The first kappa shape index (κ1) is 24.2. The second-order valence-electron chi connectivity index (χ2n) is 9.72. The third-order valence-corrected chi connectivity index (χ3v) is 7.13. The molecule has 194 valence electrons. The number of rotatable bonds is 9. The van der Waals surface area contributed by atoms with Crippen LogP contribution in [0.25, 0.3) is 0 Å². The minimum atomic E-state index is -0.222. The van der Waals surface area contributed by atoms with Gasteiger partial charge in [0.05, 0.1) is 25.3 Å². The first-order valence-electron chi connectivity index (χ1n) is 13.0. The molecule has 1 atom stereocenters. The van der Waals surface area contributed by atoms with Crippen molar-refractivity contribution in [3.05, 3.63) is 107 Å². The van der Waals surface area contributed by atoms with Crippen LogP contribution >= 0.6 is 0 Å². The van der Waals surface area contributed by atoms with Crippen molar-refractivity contribution in [1.82, 2.24) is 15.4 Å². The summed E-state index contributed by atoms with van der Waals surface area (Å²) in [5.74, 6) is 3.12. The van der Waals surface area contributed by atoms with Crippen molar-refractivity contribution in [1.29, 1.82) is 0 Å². The van der Waals surface area contributed by atoms with E-state index >= 15 is 0 Å². The molecule has 2 aliphatic heterocycles. The van der Waals surface area contributed by atoms with Gasteiger partial charge in [0, 0.05) is 19.6 Å². The van der Waals surface area contributed by atoms with E-state index in [1.54, 1.807) is 7.11 Å². The Morgan fingerprint density at radius 1 is 0.895 bits per heavy atom. The van der Waals surface area contributed by atoms with E-state index in [0.29, 0.717) is 19.0 Å². The second kappa shape index (κ2) is 10.7. The maximum absolute atomic E-state index is 13.3. The molecule has 38 heavy (non-hydrogen) atoms. The third kappa shape index (κ3) is 5.13. The summed E-state index contributed by atoms with van der Waals surface area (Å²) in [5.41, 5.74) is 8.32. The molecule has 4 aromatic rings. The van der Waals surface area contributed by atoms with Crippen molar-refractivity contribution in [3.8, 4) is 5.75 Å². The van der Waals surface area contributed by atoms with Gasteiger partial charge in [0.2, 0.25) is 5.95 Å². The number of halogens is 1. The van der Waals surface area contributed by atoms with Gasteiger partial charge in [-0.15, -0.1) is 0 Å². The van der Waals surface area contributed by atoms with Crippen LogP contribution < -0.4 is 25.4 Å². The van der Waals surface area contributed by atoms with Gasteiger partial charge in [-0.25, -0.2) is 9.82 Å². The molecule has 0 amide bonds. The van der Waals surface area contributed by atoms with Crippen LogP contribution in [0.15, 0.2) is 78.9 Å². The minimum Gasteiger partial charge on any atom is -0.497 e. The number of hydrazine groups is 1. The number of aromatic nitrogens is 2. The minimum absolute atomic E-state index is 0.184. The van der Waals surface area contributed by atoms with Gasteiger partial charge < -0.3 is 15.0 Å². The largest absolute Gasteiger partial charge is 0.497 e. The maximum atomic E-state index is 13.3. The van der Waals surface area contributed by atoms with Gasteiger partial charge in [-0.1, -0.05) is 54.6 Å². The van der Waals surface area contributed by atoms with Gasteiger partial charge in [-0.2, -0.15) is 9.97 Å². The van der Waals surface area contributed by atoms with Crippen LogP contribution in [0.5, 0.6) is 5.75 Å². The fourth-order valence-corrected chi connectivity index (χ4v) is 5.16. The maximum Gasteiger partial charge on any atom is 0.226 e. The lowest BCUT2D eigenvalue weighted by Gasteiger charge is -2.32. The Kier molecular flexibility index (Phi) is 6.79. The van der Waals surface area contributed by atoms with Crippen molar-refractivity contribution in [2.45, 2.75) is 32.0 Å². The topological polar surface area (TPSA) is 65.6 Å². The number of nitrogens with zero attached hydrogens (tertiary/aromatic N) is 4. The Labute approximate surface area is 222 Å². The van der Waals surface area contributed by atoms with Gasteiger partial charge >= 0.3 is 0 Å². The molecule has 3 heterocycles. The van der Waals surface area contributed by atoms with Gasteiger partial charge in [0.15, 0.2) is 5.82 Å². The van der Waals surface area contributed by atoms with Gasteiger partial charge in [-0.3, -0.25) is 5.01 Å². The van der Waals surface area contributed by atoms with Crippen LogP contribution in [0.3, 0.4) is 0 Å². The van der Waals surface area contributed by atoms with E-state index in [9.17, 15) is 4.39 Å². The molecule has 0 saturated heterocycles. The predicted octanol–water partition coefficient (Wildman–Crippen LogP) is 5.26. The van der Waals surface area contributed by atoms with Crippen LogP contribution in [0.1, 0.15) is 34.7 Å². The van der Waals surface area contributed by atoms with Crippen molar-refractivity contribution in [3.63, 3.8) is 0 Å². The van der Waals surface area contributed by atoms with E-state index in [1.807, 2.05) is 30.3 Å². The summed E-state index contributed by atoms with van der Waals surface area (Å²) >= 11 is 0. The zero-order chi connectivity index (χ0) is 25.9. The molecule has 1 aromatic heterocycles. The highest BCUT2D eigenvalue weighted by molar-refractivity contribution is 5.68. The number of hydrogen-bond acceptors (Lipinski definition) is 7. The summed E-state index contributed by atoms with van der Waals surface area (Å²) in [6, 6.07) is 25.4. The molecule has 2 aliphatic rings. The molecule has 0 aliphatic carbocycles. The normalized spacial score (nSPS) is 15.9. The van der Waals surface area contributed by atoms with E-state index < -0.39 is 0 Å². The van der Waals surface area contributed by atoms with Crippen LogP contribution in [0.4, 0.5) is 22.0 Å². The SMILES string of the molecule is COc1ccc(CN2CCC3NN(Cc4ccccc4)c4nc(NCCc5ccc(F)cc5)nc2c43)cc1. The van der Waals surface area contributed by atoms with Crippen molar-refractivity contribution < 1.29 is 9.13 Å². The Bertz CT molecular complexity index is 1380. The molecule has 8 heteroatoms. The quantitative estimate of drug-likeness (QED) is 0.319. The summed E-state index contributed by atoms with van der Waals surface area (Å²) in [5, 5.41) is 5.58. The first-order valence-corrected chi connectivity index (χ1v) is 13.0. The molecule has 7 nitrogen and oxygen atoms in total. The molecule has 3 aromatic carbocycles. The Hall–Kier alpha value is -4.17. The first-order chi connectivity index (χ1) is 18.7. The number of ether oxygens (including phenoxy) is 1. The van der Waals surface area contributed by atoms with Gasteiger partial charge in [0.1, 0.15) is 17.4 Å². The number of hydrogen-bond donors (Lipinski definition) is 2. The van der Waals surface area contributed by atoms with Gasteiger partial charge in [-0.05, 0) is 53.8 Å². The van der Waals surface area contributed by atoms with Gasteiger partial charge in [0.25, 0.3) is 0 Å². The van der Waals surface area contributed by atoms with Crippen LogP contribution in [0, 0.1) is 5.82 Å². The second-order valence-corrected chi connectivity index (χ2v) is 9.72. The van der Waals surface area contributed by atoms with Crippen molar-refractivity contribution in [2.24, 2.45) is 0 Å². The molecule has 0 spiro atoms. The zero-order valence-corrected chi connectivity index (χ0v) is 21.4. The number of anilines is 3. The van der Waals surface area contributed by atoms with Crippen LogP contribution in [-0.4, -0.2) is 30.2 Å². The fourth-order valence-electron chi connectivity index (χ4n) is 5.16. The Morgan fingerprint density at radius 2 is 1.61 bits per heavy atom. The van der Waals surface area contributed by atoms with Crippen LogP contribution in [0.2, 0.25) is 0 Å². The number of benzene rings is 3. The Morgan fingerprint density at radius 3 is 2.37 bits per heavy atom. The predicted molar refractivity (Wildman–Crippen MR) is 148 cm³/mol. The average Bonchev–Trinajstić information content (AvgIpc) is 3.30. The lowest BCUT2D eigenvalue weighted by atomic mass is 10.0. The molecule has 0 fully saturated rings. The lowest BCUT2D eigenvalue weighted by molar-refractivity contribution is 0.414. The van der Waals surface area contributed by atoms with Crippen LogP contribution in [-0.2, 0) is 19.5 Å².